The Morgan fingerprint density at radius 3 is 2.57 bits per heavy atom. The zero-order valence-corrected chi connectivity index (χ0v) is 10.2. The number of phenols is 1. The smallest absolute Gasteiger partial charge is 0.166 e. The van der Waals surface area contributed by atoms with E-state index in [0.717, 1.165) is 0 Å². The van der Waals surface area contributed by atoms with Crippen molar-refractivity contribution in [2.45, 2.75) is 13.8 Å². The second-order valence-electron chi connectivity index (χ2n) is 3.30. The fraction of sp³-hybridized carbons (Fsp3) is 0.300. The third kappa shape index (κ3) is 2.28. The average molecular weight is 278 g/mol. The summed E-state index contributed by atoms with van der Waals surface area (Å²) in [6.45, 7) is 3.61. The largest absolute Gasteiger partial charge is 0.507 e. The van der Waals surface area contributed by atoms with E-state index in [9.17, 15) is 9.90 Å². The molecule has 0 unspecified atom stereocenters. The molecule has 1 aromatic carbocycles. The predicted molar refractivity (Wildman–Crippen MR) is 60.0 cm³/mol. The van der Waals surface area contributed by atoms with Crippen molar-refractivity contribution >= 4 is 33.3 Å². The molecule has 2 nitrogen and oxygen atoms in total. The standard InChI is InChI=1S/C10H10BrClO2/c1-5(2)10(14)6-3-7(11)9(13)4-8(6)12/h3-5,13H,1-2H3. The molecular formula is C10H10BrClO2. The van der Waals surface area contributed by atoms with Gasteiger partial charge in [-0.1, -0.05) is 25.4 Å². The Morgan fingerprint density at radius 2 is 2.07 bits per heavy atom. The Hall–Kier alpha value is -0.540. The molecular weight excluding hydrogens is 267 g/mol. The highest BCUT2D eigenvalue weighted by molar-refractivity contribution is 9.10. The molecule has 0 aliphatic rings. The van der Waals surface area contributed by atoms with Gasteiger partial charge in [0.1, 0.15) is 5.75 Å². The number of carbonyl (C=O) groups excluding carboxylic acids is 1. The molecule has 0 aliphatic heterocycles. The van der Waals surface area contributed by atoms with Gasteiger partial charge >= 0.3 is 0 Å². The monoisotopic (exact) mass is 276 g/mol. The van der Waals surface area contributed by atoms with Crippen LogP contribution in [0.2, 0.25) is 5.02 Å². The average Bonchev–Trinajstić information content (AvgIpc) is 2.10. The predicted octanol–water partition coefficient (Wildman–Crippen LogP) is 3.65. The molecule has 4 heteroatoms. The van der Waals surface area contributed by atoms with Crippen LogP contribution in [0.25, 0.3) is 0 Å². The van der Waals surface area contributed by atoms with E-state index in [1.165, 1.54) is 6.07 Å². The van der Waals surface area contributed by atoms with Crippen LogP contribution in [0, 0.1) is 5.92 Å². The number of Topliss-reactive ketones (excluding diaryl/α,β-unsaturated/α-hetero) is 1. The van der Waals surface area contributed by atoms with Gasteiger partial charge in [-0.15, -0.1) is 0 Å². The molecule has 0 saturated carbocycles. The molecule has 0 radical (unpaired) electrons. The second-order valence-corrected chi connectivity index (χ2v) is 4.56. The molecule has 0 spiro atoms. The molecule has 0 bridgehead atoms. The van der Waals surface area contributed by atoms with E-state index in [1.54, 1.807) is 19.9 Å². The lowest BCUT2D eigenvalue weighted by atomic mass is 10.0. The Balaban J connectivity index is 3.22. The summed E-state index contributed by atoms with van der Waals surface area (Å²) >= 11 is 8.98. The van der Waals surface area contributed by atoms with Crippen LogP contribution in [0.1, 0.15) is 24.2 Å². The van der Waals surface area contributed by atoms with E-state index in [2.05, 4.69) is 15.9 Å². The molecule has 0 saturated heterocycles. The van der Waals surface area contributed by atoms with Gasteiger partial charge in [-0.3, -0.25) is 4.79 Å². The molecule has 0 aliphatic carbocycles. The normalized spacial score (nSPS) is 10.6. The fourth-order valence-electron chi connectivity index (χ4n) is 1.04. The van der Waals surface area contributed by atoms with Crippen molar-refractivity contribution in [3.8, 4) is 5.75 Å². The molecule has 0 fully saturated rings. The number of rotatable bonds is 2. The summed E-state index contributed by atoms with van der Waals surface area (Å²) in [5, 5.41) is 9.58. The summed E-state index contributed by atoms with van der Waals surface area (Å²) in [6.07, 6.45) is 0. The molecule has 0 atom stereocenters. The Labute approximate surface area is 96.0 Å². The SMILES string of the molecule is CC(C)C(=O)c1cc(Br)c(O)cc1Cl. The third-order valence-electron chi connectivity index (χ3n) is 1.83. The van der Waals surface area contributed by atoms with E-state index < -0.39 is 0 Å². The number of aromatic hydroxyl groups is 1. The maximum Gasteiger partial charge on any atom is 0.166 e. The Bertz CT molecular complexity index is 375. The third-order valence-corrected chi connectivity index (χ3v) is 2.77. The zero-order valence-electron chi connectivity index (χ0n) is 7.84. The van der Waals surface area contributed by atoms with E-state index in [0.29, 0.717) is 10.0 Å². The van der Waals surface area contributed by atoms with Crippen LogP contribution in [0.5, 0.6) is 5.75 Å². The van der Waals surface area contributed by atoms with Crippen molar-refractivity contribution in [2.75, 3.05) is 0 Å². The van der Waals surface area contributed by atoms with E-state index in [4.69, 9.17) is 11.6 Å². The molecule has 0 heterocycles. The van der Waals surface area contributed by atoms with Crippen molar-refractivity contribution in [1.29, 1.82) is 0 Å². The highest BCUT2D eigenvalue weighted by atomic mass is 79.9. The van der Waals surface area contributed by atoms with Crippen LogP contribution < -0.4 is 0 Å². The molecule has 1 rings (SSSR count). The van der Waals surface area contributed by atoms with Crippen molar-refractivity contribution in [3.63, 3.8) is 0 Å². The van der Waals surface area contributed by atoms with Crippen LogP contribution in [0.15, 0.2) is 16.6 Å². The van der Waals surface area contributed by atoms with Gasteiger partial charge in [-0.25, -0.2) is 0 Å². The van der Waals surface area contributed by atoms with Gasteiger partial charge in [0, 0.05) is 17.5 Å². The number of halogens is 2. The van der Waals surface area contributed by atoms with Gasteiger partial charge < -0.3 is 5.11 Å². The lowest BCUT2D eigenvalue weighted by molar-refractivity contribution is 0.0939. The van der Waals surface area contributed by atoms with E-state index >= 15 is 0 Å². The van der Waals surface area contributed by atoms with Crippen LogP contribution in [-0.2, 0) is 0 Å². The fourth-order valence-corrected chi connectivity index (χ4v) is 1.63. The summed E-state index contributed by atoms with van der Waals surface area (Å²) in [7, 11) is 0. The van der Waals surface area contributed by atoms with Crippen molar-refractivity contribution < 1.29 is 9.90 Å². The van der Waals surface area contributed by atoms with Gasteiger partial charge in [0.15, 0.2) is 5.78 Å². The minimum absolute atomic E-state index is 0.0318. The molecule has 1 aromatic rings. The first-order valence-corrected chi connectivity index (χ1v) is 5.32. The highest BCUT2D eigenvalue weighted by Crippen LogP contribution is 2.31. The Morgan fingerprint density at radius 1 is 1.50 bits per heavy atom. The zero-order chi connectivity index (χ0) is 10.9. The van der Waals surface area contributed by atoms with Crippen molar-refractivity contribution in [2.24, 2.45) is 5.92 Å². The molecule has 0 aromatic heterocycles. The lowest BCUT2D eigenvalue weighted by Crippen LogP contribution is -2.08. The number of ketones is 1. The van der Waals surface area contributed by atoms with Gasteiger partial charge in [0.25, 0.3) is 0 Å². The maximum absolute atomic E-state index is 11.6. The summed E-state index contributed by atoms with van der Waals surface area (Å²) in [4.78, 5) is 11.6. The van der Waals surface area contributed by atoms with Crippen molar-refractivity contribution in [3.05, 3.63) is 27.2 Å². The quantitative estimate of drug-likeness (QED) is 0.838. The topological polar surface area (TPSA) is 37.3 Å². The first-order valence-electron chi connectivity index (χ1n) is 4.15. The number of hydrogen-bond acceptors (Lipinski definition) is 2. The summed E-state index contributed by atoms with van der Waals surface area (Å²) < 4.78 is 0.478. The molecule has 76 valence electrons. The highest BCUT2D eigenvalue weighted by Gasteiger charge is 2.16. The van der Waals surface area contributed by atoms with Crippen LogP contribution >= 0.6 is 27.5 Å². The van der Waals surface area contributed by atoms with Gasteiger partial charge in [0.05, 0.1) is 9.50 Å². The number of carbonyl (C=O) groups is 1. The Kier molecular flexibility index (Phi) is 3.56. The lowest BCUT2D eigenvalue weighted by Gasteiger charge is -2.07. The second kappa shape index (κ2) is 4.32. The van der Waals surface area contributed by atoms with Gasteiger partial charge in [-0.05, 0) is 22.0 Å². The number of benzene rings is 1. The van der Waals surface area contributed by atoms with Crippen LogP contribution in [0.4, 0.5) is 0 Å². The van der Waals surface area contributed by atoms with Crippen LogP contribution in [0.3, 0.4) is 0 Å². The summed E-state index contributed by atoms with van der Waals surface area (Å²) in [5.41, 5.74) is 0.436. The van der Waals surface area contributed by atoms with E-state index in [1.807, 2.05) is 0 Å². The van der Waals surface area contributed by atoms with Crippen LogP contribution in [-0.4, -0.2) is 10.9 Å². The first kappa shape index (κ1) is 11.5. The van der Waals surface area contributed by atoms with E-state index in [-0.39, 0.29) is 22.5 Å². The minimum atomic E-state index is -0.107. The molecule has 1 N–H and O–H groups in total. The maximum atomic E-state index is 11.6. The van der Waals surface area contributed by atoms with Gasteiger partial charge in [-0.2, -0.15) is 0 Å². The molecule has 0 amide bonds. The summed E-state index contributed by atoms with van der Waals surface area (Å²) in [6, 6.07) is 2.90. The van der Waals surface area contributed by atoms with Crippen molar-refractivity contribution in [1.82, 2.24) is 0 Å². The first-order chi connectivity index (χ1) is 6.43. The summed E-state index contributed by atoms with van der Waals surface area (Å²) in [5.74, 6) is -0.102. The number of phenolic OH excluding ortho intramolecular Hbond substituents is 1. The number of hydrogen-bond donors (Lipinski definition) is 1. The molecule has 14 heavy (non-hydrogen) atoms. The minimum Gasteiger partial charge on any atom is -0.507 e. The van der Waals surface area contributed by atoms with Gasteiger partial charge in [0.2, 0.25) is 0 Å².